The molecule has 3 aliphatic heterocycles. The van der Waals surface area contributed by atoms with Gasteiger partial charge in [-0.05, 0) is 126 Å². The number of methoxy groups -OCH3 is 1. The number of benzene rings is 3. The molecule has 1 aromatic heterocycles. The van der Waals surface area contributed by atoms with Crippen LogP contribution in [0.4, 0.5) is 19.4 Å². The Morgan fingerprint density at radius 1 is 1.02 bits per heavy atom. The second-order valence-electron chi connectivity index (χ2n) is 19.0. The number of terminal acetylenes is 1. The smallest absolute Gasteiger partial charge is 0.410 e. The largest absolute Gasteiger partial charge is 0.468 e. The second kappa shape index (κ2) is 15.6. The van der Waals surface area contributed by atoms with Gasteiger partial charge in [-0.3, -0.25) is 4.90 Å². The van der Waals surface area contributed by atoms with Crippen LogP contribution < -0.4 is 14.4 Å². The first-order chi connectivity index (χ1) is 28.8. The molecule has 1 N–H and O–H groups in total. The summed E-state index contributed by atoms with van der Waals surface area (Å²) in [5, 5.41) is 11.0. The van der Waals surface area contributed by atoms with Gasteiger partial charge in [0.2, 0.25) is 0 Å². The maximum atomic E-state index is 17.5. The number of carbonyl (C=O) groups is 1. The van der Waals surface area contributed by atoms with E-state index < -0.39 is 17.2 Å². The van der Waals surface area contributed by atoms with Crippen molar-refractivity contribution in [3.05, 3.63) is 53.6 Å². The molecule has 60 heavy (non-hydrogen) atoms. The van der Waals surface area contributed by atoms with Gasteiger partial charge in [-0.15, -0.1) is 6.42 Å². The molecular weight excluding hydrogens is 769 g/mol. The van der Waals surface area contributed by atoms with Crippen LogP contribution in [0, 0.1) is 40.7 Å². The average Bonchev–Trinajstić information content (AvgIpc) is 3.92. The Bertz CT molecular complexity index is 2330. The number of piperidine rings is 1. The fraction of sp³-hybridized carbons (Fsp3) is 0.553. The van der Waals surface area contributed by atoms with Crippen LogP contribution in [0.1, 0.15) is 77.7 Å². The number of aliphatic hydroxyl groups is 1. The van der Waals surface area contributed by atoms with Crippen LogP contribution in [-0.2, 0) is 9.47 Å². The Balaban J connectivity index is 1.07. The third-order valence-corrected chi connectivity index (χ3v) is 13.6. The first-order valence-corrected chi connectivity index (χ1v) is 21.4. The molecule has 13 heteroatoms. The maximum Gasteiger partial charge on any atom is 0.410 e. The van der Waals surface area contributed by atoms with E-state index in [4.69, 9.17) is 35.3 Å². The number of fused-ring (bicyclic) bond motifs is 4. The summed E-state index contributed by atoms with van der Waals surface area (Å²) in [6.07, 6.45) is 13.7. The van der Waals surface area contributed by atoms with Crippen molar-refractivity contribution >= 4 is 33.6 Å². The van der Waals surface area contributed by atoms with Crippen molar-refractivity contribution in [2.24, 2.45) is 16.7 Å². The summed E-state index contributed by atoms with van der Waals surface area (Å²) in [6.45, 7) is 9.92. The van der Waals surface area contributed by atoms with Crippen LogP contribution in [-0.4, -0.2) is 108 Å². The third-order valence-electron chi connectivity index (χ3n) is 13.6. The Labute approximate surface area is 350 Å². The van der Waals surface area contributed by atoms with Gasteiger partial charge in [0.25, 0.3) is 0 Å². The predicted octanol–water partition coefficient (Wildman–Crippen LogP) is 7.92. The average molecular weight is 824 g/mol. The molecule has 0 radical (unpaired) electrons. The lowest BCUT2D eigenvalue weighted by molar-refractivity contribution is -0.0381. The number of likely N-dealkylation sites (tertiary alicyclic amines) is 1. The fourth-order valence-electron chi connectivity index (χ4n) is 10.4. The summed E-state index contributed by atoms with van der Waals surface area (Å²) < 4.78 is 57.6. The second-order valence-corrected chi connectivity index (χ2v) is 19.0. The van der Waals surface area contributed by atoms with Gasteiger partial charge in [0, 0.05) is 60.7 Å². The SMILES string of the molecule is C#Cc1cccc2cc(OCOC)cc(-c3c(F)cc4c(N5CC6CCC(C5)N6C(=O)OC(C)(C)C)nc(OCC5(CN6CCC7(CC6)CC(CO)C7)CC5)nc4c3F)c12. The molecule has 318 valence electrons. The van der Waals surface area contributed by atoms with Gasteiger partial charge in [-0.2, -0.15) is 9.97 Å². The van der Waals surface area contributed by atoms with Gasteiger partial charge in [0.05, 0.1) is 24.3 Å². The first kappa shape index (κ1) is 40.6. The van der Waals surface area contributed by atoms with Gasteiger partial charge in [0.1, 0.15) is 28.5 Å². The van der Waals surface area contributed by atoms with Crippen molar-refractivity contribution in [3.63, 3.8) is 0 Å². The van der Waals surface area contributed by atoms with Gasteiger partial charge in [0.15, 0.2) is 12.6 Å². The number of amides is 1. The van der Waals surface area contributed by atoms with E-state index in [1.165, 1.54) is 13.2 Å². The molecule has 2 saturated carbocycles. The molecule has 5 fully saturated rings. The number of hydrogen-bond acceptors (Lipinski definition) is 10. The number of ether oxygens (including phenoxy) is 4. The van der Waals surface area contributed by atoms with Crippen molar-refractivity contribution in [3.8, 4) is 35.2 Å². The van der Waals surface area contributed by atoms with E-state index in [9.17, 15) is 9.90 Å². The number of anilines is 1. The van der Waals surface area contributed by atoms with E-state index in [1.54, 1.807) is 24.3 Å². The van der Waals surface area contributed by atoms with Crippen LogP contribution in [0.2, 0.25) is 0 Å². The molecule has 3 aromatic carbocycles. The van der Waals surface area contributed by atoms with Gasteiger partial charge >= 0.3 is 12.1 Å². The Morgan fingerprint density at radius 3 is 2.40 bits per heavy atom. The monoisotopic (exact) mass is 823 g/mol. The minimum atomic E-state index is -0.867. The zero-order valence-corrected chi connectivity index (χ0v) is 35.1. The summed E-state index contributed by atoms with van der Waals surface area (Å²) in [5.41, 5.74) is 0.0222. The molecular formula is C47H55F2N5O6. The molecule has 11 nitrogen and oxygen atoms in total. The zero-order chi connectivity index (χ0) is 42.0. The molecule has 2 bridgehead atoms. The van der Waals surface area contributed by atoms with E-state index in [0.29, 0.717) is 58.9 Å². The highest BCUT2D eigenvalue weighted by Gasteiger charge is 2.49. The highest BCUT2D eigenvalue weighted by atomic mass is 19.1. The van der Waals surface area contributed by atoms with E-state index >= 15 is 8.78 Å². The molecule has 4 heterocycles. The lowest BCUT2D eigenvalue weighted by Gasteiger charge is -2.52. The highest BCUT2D eigenvalue weighted by molar-refractivity contribution is 6.04. The summed E-state index contributed by atoms with van der Waals surface area (Å²) in [6, 6.07) is 9.70. The highest BCUT2D eigenvalue weighted by Crippen LogP contribution is 2.54. The van der Waals surface area contributed by atoms with E-state index in [2.05, 4.69) is 10.8 Å². The topological polar surface area (TPSA) is 110 Å². The van der Waals surface area contributed by atoms with E-state index in [1.807, 2.05) is 36.6 Å². The predicted molar refractivity (Wildman–Crippen MR) is 225 cm³/mol. The first-order valence-electron chi connectivity index (χ1n) is 21.4. The Kier molecular flexibility index (Phi) is 10.6. The molecule has 4 aromatic rings. The number of rotatable bonds is 11. The number of aromatic nitrogens is 2. The summed E-state index contributed by atoms with van der Waals surface area (Å²) in [7, 11) is 1.50. The molecule has 2 aliphatic carbocycles. The van der Waals surface area contributed by atoms with Crippen molar-refractivity contribution in [2.45, 2.75) is 89.8 Å². The van der Waals surface area contributed by atoms with Crippen molar-refractivity contribution in [1.82, 2.24) is 19.8 Å². The van der Waals surface area contributed by atoms with Crippen LogP contribution in [0.15, 0.2) is 36.4 Å². The lowest BCUT2D eigenvalue weighted by Crippen LogP contribution is -2.57. The Morgan fingerprint density at radius 2 is 1.75 bits per heavy atom. The number of halogens is 2. The molecule has 2 unspecified atom stereocenters. The third kappa shape index (κ3) is 7.71. The van der Waals surface area contributed by atoms with Crippen molar-refractivity contribution in [2.75, 3.05) is 64.7 Å². The molecule has 1 amide bonds. The van der Waals surface area contributed by atoms with Crippen molar-refractivity contribution in [1.29, 1.82) is 0 Å². The fourth-order valence-corrected chi connectivity index (χ4v) is 10.4. The minimum Gasteiger partial charge on any atom is -0.468 e. The van der Waals surface area contributed by atoms with Crippen LogP contribution in [0.25, 0.3) is 32.8 Å². The maximum absolute atomic E-state index is 17.5. The number of carbonyl (C=O) groups excluding carboxylic acids is 1. The number of hydrogen-bond donors (Lipinski definition) is 1. The summed E-state index contributed by atoms with van der Waals surface area (Å²) in [4.78, 5) is 29.4. The van der Waals surface area contributed by atoms with Gasteiger partial charge in [-0.25, -0.2) is 13.6 Å². The lowest BCUT2D eigenvalue weighted by atomic mass is 9.58. The Hall–Kier alpha value is -4.77. The van der Waals surface area contributed by atoms with Crippen LogP contribution >= 0.6 is 0 Å². The van der Waals surface area contributed by atoms with Crippen LogP contribution in [0.3, 0.4) is 0 Å². The summed E-state index contributed by atoms with van der Waals surface area (Å²) in [5.74, 6) is 2.19. The molecule has 3 saturated heterocycles. The standard InChI is InChI=1S/C47H55F2N5O6/c1-6-30-8-7-9-31-18-34(59-28-57-5)19-35(38(30)31)39-37(48)20-36-41(40(39)49)50-43(51-42(36)53-23-32-10-11-33(24-53)54(32)44(56)60-45(2,3)4)58-27-47(12-13-47)26-52-16-14-46(15-17-52)21-29(22-46)25-55/h1,7-9,18-20,29,32-33,55H,10-17,21-28H2,2-5H3. The van der Waals surface area contributed by atoms with Crippen LogP contribution in [0.5, 0.6) is 11.8 Å². The zero-order valence-electron chi connectivity index (χ0n) is 35.1. The number of nitrogens with zero attached hydrogens (tertiary/aromatic N) is 5. The van der Waals surface area contributed by atoms with E-state index in [0.717, 1.165) is 71.0 Å². The number of aliphatic hydroxyl groups excluding tert-OH is 1. The normalized spacial score (nSPS) is 22.2. The molecule has 5 aliphatic rings. The van der Waals surface area contributed by atoms with Gasteiger partial charge in [-0.1, -0.05) is 18.1 Å². The quantitative estimate of drug-likeness (QED) is 0.118. The van der Waals surface area contributed by atoms with Gasteiger partial charge < -0.3 is 33.9 Å². The summed E-state index contributed by atoms with van der Waals surface area (Å²) >= 11 is 0. The minimum absolute atomic E-state index is 0.0237. The molecule has 2 atom stereocenters. The molecule has 9 rings (SSSR count). The number of piperazine rings is 1. The van der Waals surface area contributed by atoms with E-state index in [-0.39, 0.29) is 65.0 Å². The van der Waals surface area contributed by atoms with Crippen molar-refractivity contribution < 1.29 is 37.6 Å². The molecule has 1 spiro atoms.